The molecule has 3 rings (SSSR count). The summed E-state index contributed by atoms with van der Waals surface area (Å²) in [6, 6.07) is 9.16. The topological polar surface area (TPSA) is 80.2 Å². The second-order valence-corrected chi connectivity index (χ2v) is 8.48. The molecule has 2 aromatic rings. The number of carbonyl (C=O) groups is 2. The fraction of sp³-hybridized carbons (Fsp3) is 0.318. The van der Waals surface area contributed by atoms with Gasteiger partial charge in [0.15, 0.2) is 5.17 Å². The lowest BCUT2D eigenvalue weighted by Gasteiger charge is -2.15. The number of amidine groups is 1. The number of ether oxygens (including phenoxy) is 2. The van der Waals surface area contributed by atoms with E-state index in [0.717, 1.165) is 6.42 Å². The molecule has 0 bridgehead atoms. The van der Waals surface area contributed by atoms with E-state index >= 15 is 0 Å². The van der Waals surface area contributed by atoms with E-state index in [2.05, 4.69) is 10.3 Å². The lowest BCUT2D eigenvalue weighted by molar-refractivity contribution is -0.128. The molecular weight excluding hydrogens is 457 g/mol. The standard InChI is InChI=1S/C22H23ClFN3O4S/c1-4-9-27-21(29)19(32-22(27)25-13-5-7-16(24)15(23)10-13)12-20(28)26-17-11-14(30-2)6-8-18(17)31-3/h5-8,10-11,19H,4,9,12H2,1-3H3,(H,26,28). The van der Waals surface area contributed by atoms with Gasteiger partial charge in [-0.3, -0.25) is 14.5 Å². The molecule has 1 saturated heterocycles. The lowest BCUT2D eigenvalue weighted by Crippen LogP contribution is -2.34. The number of amides is 2. The second kappa shape index (κ2) is 10.7. The lowest BCUT2D eigenvalue weighted by atomic mass is 10.2. The summed E-state index contributed by atoms with van der Waals surface area (Å²) in [7, 11) is 3.03. The van der Waals surface area contributed by atoms with Crippen molar-refractivity contribution in [3.8, 4) is 11.5 Å². The minimum atomic E-state index is -0.632. The molecule has 2 amide bonds. The van der Waals surface area contributed by atoms with E-state index in [1.165, 1.54) is 44.2 Å². The van der Waals surface area contributed by atoms with Gasteiger partial charge in [-0.05, 0) is 36.8 Å². The first kappa shape index (κ1) is 23.9. The van der Waals surface area contributed by atoms with Gasteiger partial charge in [-0.2, -0.15) is 0 Å². The van der Waals surface area contributed by atoms with Crippen LogP contribution in [-0.2, 0) is 9.59 Å². The van der Waals surface area contributed by atoms with Gasteiger partial charge < -0.3 is 14.8 Å². The maximum absolute atomic E-state index is 13.4. The van der Waals surface area contributed by atoms with E-state index in [0.29, 0.717) is 34.6 Å². The Morgan fingerprint density at radius 2 is 2.03 bits per heavy atom. The molecule has 1 atom stereocenters. The molecule has 7 nitrogen and oxygen atoms in total. The van der Waals surface area contributed by atoms with Crippen molar-refractivity contribution in [3.63, 3.8) is 0 Å². The van der Waals surface area contributed by atoms with Crippen molar-refractivity contribution in [2.45, 2.75) is 25.0 Å². The highest BCUT2D eigenvalue weighted by Crippen LogP contribution is 2.34. The number of aliphatic imine (C=N–C) groups is 1. The third-order valence-electron chi connectivity index (χ3n) is 4.65. The van der Waals surface area contributed by atoms with Gasteiger partial charge in [0.1, 0.15) is 22.6 Å². The van der Waals surface area contributed by atoms with Gasteiger partial charge in [0.2, 0.25) is 11.8 Å². The number of anilines is 1. The largest absolute Gasteiger partial charge is 0.497 e. The zero-order valence-corrected chi connectivity index (χ0v) is 19.4. The van der Waals surface area contributed by atoms with Gasteiger partial charge in [-0.15, -0.1) is 0 Å². The molecule has 0 aromatic heterocycles. The highest BCUT2D eigenvalue weighted by molar-refractivity contribution is 8.15. The number of benzene rings is 2. The Hall–Kier alpha value is -2.78. The molecule has 10 heteroatoms. The number of thioether (sulfide) groups is 1. The van der Waals surface area contributed by atoms with Gasteiger partial charge in [-0.25, -0.2) is 9.38 Å². The van der Waals surface area contributed by atoms with Crippen LogP contribution in [0.5, 0.6) is 11.5 Å². The molecule has 1 aliphatic heterocycles. The Balaban J connectivity index is 1.77. The zero-order chi connectivity index (χ0) is 23.3. The van der Waals surface area contributed by atoms with Gasteiger partial charge in [0.25, 0.3) is 0 Å². The third kappa shape index (κ3) is 5.52. The highest BCUT2D eigenvalue weighted by Gasteiger charge is 2.38. The van der Waals surface area contributed by atoms with Crippen molar-refractivity contribution in [1.82, 2.24) is 4.90 Å². The predicted molar refractivity (Wildman–Crippen MR) is 125 cm³/mol. The fourth-order valence-corrected chi connectivity index (χ4v) is 4.46. The summed E-state index contributed by atoms with van der Waals surface area (Å²) < 4.78 is 23.9. The predicted octanol–water partition coefficient (Wildman–Crippen LogP) is 4.87. The SMILES string of the molecule is CCCN1C(=O)C(CC(=O)Nc2cc(OC)ccc2OC)SC1=Nc1ccc(F)c(Cl)c1. The number of rotatable bonds is 8. The quantitative estimate of drug-likeness (QED) is 0.584. The molecule has 1 aliphatic rings. The summed E-state index contributed by atoms with van der Waals surface area (Å²) >= 11 is 7.04. The van der Waals surface area contributed by atoms with Crippen molar-refractivity contribution >= 4 is 51.7 Å². The van der Waals surface area contributed by atoms with E-state index in [4.69, 9.17) is 21.1 Å². The van der Waals surface area contributed by atoms with Crippen LogP contribution in [0.25, 0.3) is 0 Å². The molecule has 1 N–H and O–H groups in total. The number of carbonyl (C=O) groups excluding carboxylic acids is 2. The summed E-state index contributed by atoms with van der Waals surface area (Å²) in [5.41, 5.74) is 0.881. The Morgan fingerprint density at radius 1 is 1.25 bits per heavy atom. The van der Waals surface area contributed by atoms with Crippen LogP contribution in [0.15, 0.2) is 41.4 Å². The second-order valence-electron chi connectivity index (χ2n) is 6.91. The molecule has 0 saturated carbocycles. The Bertz CT molecular complexity index is 1050. The Morgan fingerprint density at radius 3 is 2.69 bits per heavy atom. The van der Waals surface area contributed by atoms with Crippen LogP contribution in [0.2, 0.25) is 5.02 Å². The average molecular weight is 480 g/mol. The zero-order valence-electron chi connectivity index (χ0n) is 17.9. The molecule has 32 heavy (non-hydrogen) atoms. The maximum Gasteiger partial charge on any atom is 0.242 e. The van der Waals surface area contributed by atoms with Crippen molar-refractivity contribution in [2.75, 3.05) is 26.1 Å². The Kier molecular flexibility index (Phi) is 7.98. The smallest absolute Gasteiger partial charge is 0.242 e. The van der Waals surface area contributed by atoms with Crippen LogP contribution in [0, 0.1) is 5.82 Å². The van der Waals surface area contributed by atoms with E-state index < -0.39 is 11.1 Å². The molecule has 1 unspecified atom stereocenters. The van der Waals surface area contributed by atoms with Crippen LogP contribution in [0.1, 0.15) is 19.8 Å². The van der Waals surface area contributed by atoms with Crippen molar-refractivity contribution in [2.24, 2.45) is 4.99 Å². The average Bonchev–Trinajstić information content (AvgIpc) is 3.05. The molecule has 1 fully saturated rings. The van der Waals surface area contributed by atoms with Gasteiger partial charge >= 0.3 is 0 Å². The summed E-state index contributed by atoms with van der Waals surface area (Å²) in [5.74, 6) is -0.0401. The Labute approximate surface area is 194 Å². The molecule has 0 spiro atoms. The number of halogens is 2. The van der Waals surface area contributed by atoms with Gasteiger partial charge in [0.05, 0.1) is 30.6 Å². The minimum Gasteiger partial charge on any atom is -0.497 e. The molecule has 0 radical (unpaired) electrons. The first-order valence-electron chi connectivity index (χ1n) is 9.90. The van der Waals surface area contributed by atoms with Crippen molar-refractivity contribution in [3.05, 3.63) is 47.2 Å². The minimum absolute atomic E-state index is 0.0483. The summed E-state index contributed by atoms with van der Waals surface area (Å²) in [5, 5.41) is 2.56. The van der Waals surface area contributed by atoms with Crippen molar-refractivity contribution < 1.29 is 23.5 Å². The molecule has 170 valence electrons. The number of nitrogens with zero attached hydrogens (tertiary/aromatic N) is 2. The molecule has 1 heterocycles. The third-order valence-corrected chi connectivity index (χ3v) is 6.11. The van der Waals surface area contributed by atoms with E-state index in [9.17, 15) is 14.0 Å². The van der Waals surface area contributed by atoms with Crippen LogP contribution in [0.3, 0.4) is 0 Å². The van der Waals surface area contributed by atoms with E-state index in [1.807, 2.05) is 6.92 Å². The van der Waals surface area contributed by atoms with Crippen LogP contribution < -0.4 is 14.8 Å². The van der Waals surface area contributed by atoms with Crippen LogP contribution in [0.4, 0.5) is 15.8 Å². The summed E-state index contributed by atoms with van der Waals surface area (Å²) in [6.45, 7) is 2.40. The number of methoxy groups -OCH3 is 2. The van der Waals surface area contributed by atoms with Gasteiger partial charge in [-0.1, -0.05) is 30.3 Å². The van der Waals surface area contributed by atoms with Crippen LogP contribution >= 0.6 is 23.4 Å². The van der Waals surface area contributed by atoms with E-state index in [-0.39, 0.29) is 23.3 Å². The molecular formula is C22H23ClFN3O4S. The fourth-order valence-electron chi connectivity index (χ4n) is 3.10. The maximum atomic E-state index is 13.4. The number of nitrogens with one attached hydrogen (secondary N) is 1. The van der Waals surface area contributed by atoms with Crippen molar-refractivity contribution in [1.29, 1.82) is 0 Å². The number of hydrogen-bond donors (Lipinski definition) is 1. The molecule has 2 aromatic carbocycles. The number of hydrogen-bond acceptors (Lipinski definition) is 6. The highest BCUT2D eigenvalue weighted by atomic mass is 35.5. The summed E-state index contributed by atoms with van der Waals surface area (Å²) in [4.78, 5) is 31.7. The van der Waals surface area contributed by atoms with Crippen LogP contribution in [-0.4, -0.2) is 47.9 Å². The first-order valence-corrected chi connectivity index (χ1v) is 11.2. The van der Waals surface area contributed by atoms with E-state index in [1.54, 1.807) is 23.1 Å². The monoisotopic (exact) mass is 479 g/mol. The molecule has 0 aliphatic carbocycles. The van der Waals surface area contributed by atoms with Gasteiger partial charge in [0, 0.05) is 19.0 Å². The first-order chi connectivity index (χ1) is 15.4. The normalized spacial score (nSPS) is 17.0. The summed E-state index contributed by atoms with van der Waals surface area (Å²) in [6.07, 6.45) is 0.669.